The third-order valence-corrected chi connectivity index (χ3v) is 5.92. The van der Waals surface area contributed by atoms with Crippen LogP contribution >= 0.6 is 0 Å². The summed E-state index contributed by atoms with van der Waals surface area (Å²) in [6.45, 7) is 8.04. The maximum Gasteiger partial charge on any atom is 3.00 e. The molecule has 1 aromatic heterocycles. The Balaban J connectivity index is 0.000000583. The fourth-order valence-electron chi connectivity index (χ4n) is 4.02. The van der Waals surface area contributed by atoms with Gasteiger partial charge >= 0.3 is 17.1 Å². The van der Waals surface area contributed by atoms with Gasteiger partial charge in [-0.1, -0.05) is 48.5 Å². The molecule has 13 heteroatoms. The Morgan fingerprint density at radius 2 is 0.659 bits per heavy atom. The van der Waals surface area contributed by atoms with E-state index in [4.69, 9.17) is 50.6 Å². The van der Waals surface area contributed by atoms with Gasteiger partial charge in [0.15, 0.2) is 0 Å². The fourth-order valence-corrected chi connectivity index (χ4v) is 4.02. The Morgan fingerprint density at radius 3 is 0.854 bits per heavy atom. The molecule has 0 amide bonds. The van der Waals surface area contributed by atoms with Crippen molar-refractivity contribution in [2.45, 2.75) is 27.7 Å². The molecular formula is C28H24FeN6O6+. The predicted octanol–water partition coefficient (Wildman–Crippen LogP) is 6.32. The number of rotatable bonds is 0. The molecule has 0 bridgehead atoms. The van der Waals surface area contributed by atoms with Gasteiger partial charge in [0, 0.05) is 10.8 Å². The van der Waals surface area contributed by atoms with Crippen LogP contribution in [0.2, 0.25) is 0 Å². The Labute approximate surface area is 244 Å². The van der Waals surface area contributed by atoms with Gasteiger partial charge in [-0.15, -0.1) is 0 Å². The quantitative estimate of drug-likeness (QED) is 0.111. The summed E-state index contributed by atoms with van der Waals surface area (Å²) < 4.78 is 0. The number of benzene rings is 4. The van der Waals surface area contributed by atoms with E-state index in [1.54, 1.807) is 0 Å². The first-order valence-electron chi connectivity index (χ1n) is 11.9. The minimum atomic E-state index is -1.75. The normalized spacial score (nSPS) is 9.85. The first-order chi connectivity index (χ1) is 19.0. The zero-order chi connectivity index (χ0) is 29.4. The molecule has 5 aromatic rings. The molecule has 0 saturated heterocycles. The van der Waals surface area contributed by atoms with Crippen LogP contribution in [0.4, 0.5) is 0 Å². The zero-order valence-electron chi connectivity index (χ0n) is 22.4. The molecule has 41 heavy (non-hydrogen) atoms. The summed E-state index contributed by atoms with van der Waals surface area (Å²) >= 11 is 0. The van der Waals surface area contributed by atoms with Crippen molar-refractivity contribution in [1.82, 2.24) is 19.9 Å². The van der Waals surface area contributed by atoms with Gasteiger partial charge < -0.3 is 30.6 Å². The standard InChI is InChI=1S/C28H24N4.Fe.2NO3/c1-17-18(2)30-24-14-6-11-22-12-8-16-26(28(22)24)32-20(4)19(3)31-25-15-7-10-21-9-5-13-23(29-17)27(21)25;;2*2-1(3)4/h5-16H,1-4H3;;;/q;+3;2*-1. The van der Waals surface area contributed by atoms with Crippen LogP contribution in [0.1, 0.15) is 22.8 Å². The molecule has 1 heterocycles. The molecule has 0 spiro atoms. The monoisotopic (exact) mass is 596 g/mol. The van der Waals surface area contributed by atoms with Crippen molar-refractivity contribution < 1.29 is 27.2 Å². The molecule has 0 aliphatic carbocycles. The van der Waals surface area contributed by atoms with Crippen LogP contribution in [0, 0.1) is 58.3 Å². The summed E-state index contributed by atoms with van der Waals surface area (Å²) in [7, 11) is 0. The van der Waals surface area contributed by atoms with Gasteiger partial charge in [0.05, 0.1) is 55.0 Å². The van der Waals surface area contributed by atoms with E-state index >= 15 is 0 Å². The average Bonchev–Trinajstić information content (AvgIpc) is 2.88. The SMILES string of the molecule is Cc1nc2cccc3cccc(nc(C)c(C)nc4cccc5cccc(nc1C)c54)c32.O=[N+]([O-])[O-].O=[N+]([O-])[O-].[Fe+3]. The summed E-state index contributed by atoms with van der Waals surface area (Å²) in [6, 6.07) is 24.7. The number of hydrogen-bond donors (Lipinski definition) is 0. The maximum absolute atomic E-state index is 8.25. The van der Waals surface area contributed by atoms with Gasteiger partial charge in [-0.3, -0.25) is 19.9 Å². The molecule has 209 valence electrons. The van der Waals surface area contributed by atoms with Crippen LogP contribution in [0.25, 0.3) is 43.6 Å². The van der Waals surface area contributed by atoms with Crippen molar-refractivity contribution in [2.75, 3.05) is 0 Å². The van der Waals surface area contributed by atoms with Crippen LogP contribution < -0.4 is 0 Å². The van der Waals surface area contributed by atoms with Crippen molar-refractivity contribution in [3.8, 4) is 0 Å². The van der Waals surface area contributed by atoms with Crippen LogP contribution in [-0.4, -0.2) is 30.1 Å². The van der Waals surface area contributed by atoms with Gasteiger partial charge in [-0.05, 0) is 62.7 Å². The van der Waals surface area contributed by atoms with E-state index in [2.05, 4.69) is 24.3 Å². The smallest absolute Gasteiger partial charge is 0.356 e. The molecule has 4 aromatic carbocycles. The topological polar surface area (TPSA) is 184 Å². The molecule has 0 saturated carbocycles. The van der Waals surface area contributed by atoms with Gasteiger partial charge in [0.1, 0.15) is 0 Å². The molecule has 0 aliphatic heterocycles. The van der Waals surface area contributed by atoms with Gasteiger partial charge in [-0.2, -0.15) is 0 Å². The first-order valence-corrected chi connectivity index (χ1v) is 11.9. The van der Waals surface area contributed by atoms with E-state index < -0.39 is 10.2 Å². The predicted molar refractivity (Wildman–Crippen MR) is 154 cm³/mol. The first kappa shape index (κ1) is 32.2. The summed E-state index contributed by atoms with van der Waals surface area (Å²) in [5.41, 5.74) is 7.08. The molecule has 12 nitrogen and oxygen atoms in total. The van der Waals surface area contributed by atoms with Crippen molar-refractivity contribution in [3.63, 3.8) is 0 Å². The Kier molecular flexibility index (Phi) is 11.3. The third-order valence-electron chi connectivity index (χ3n) is 5.92. The summed E-state index contributed by atoms with van der Waals surface area (Å²) in [5.74, 6) is 0. The van der Waals surface area contributed by atoms with Gasteiger partial charge in [0.2, 0.25) is 0 Å². The minimum Gasteiger partial charge on any atom is -0.356 e. The Hall–Kier alpha value is -5.00. The van der Waals surface area contributed by atoms with Gasteiger partial charge in [-0.25, -0.2) is 0 Å². The Bertz CT molecular complexity index is 1600. The second-order valence-corrected chi connectivity index (χ2v) is 8.54. The zero-order valence-corrected chi connectivity index (χ0v) is 23.5. The fraction of sp³-hybridized carbons (Fsp3) is 0.143. The van der Waals surface area contributed by atoms with Crippen LogP contribution in [0.15, 0.2) is 72.8 Å². The average molecular weight is 596 g/mol. The number of aromatic nitrogens is 4. The molecule has 0 N–H and O–H groups in total. The molecule has 0 atom stereocenters. The van der Waals surface area contributed by atoms with Crippen molar-refractivity contribution in [1.29, 1.82) is 0 Å². The van der Waals surface area contributed by atoms with E-state index in [9.17, 15) is 0 Å². The van der Waals surface area contributed by atoms with Crippen molar-refractivity contribution in [3.05, 3.63) is 126 Å². The van der Waals surface area contributed by atoms with E-state index in [-0.39, 0.29) is 17.1 Å². The molecule has 5 rings (SSSR count). The molecule has 0 unspecified atom stereocenters. The summed E-state index contributed by atoms with van der Waals surface area (Å²) in [6.07, 6.45) is 0. The number of nitrogens with zero attached hydrogens (tertiary/aromatic N) is 6. The van der Waals surface area contributed by atoms with Crippen molar-refractivity contribution >= 4 is 43.6 Å². The largest absolute Gasteiger partial charge is 3.00 e. The van der Waals surface area contributed by atoms with E-state index in [0.717, 1.165) is 66.4 Å². The maximum atomic E-state index is 8.25. The summed E-state index contributed by atoms with van der Waals surface area (Å²) in [5, 5.41) is 33.8. The number of hydrogen-bond acceptors (Lipinski definition) is 10. The third kappa shape index (κ3) is 8.49. The van der Waals surface area contributed by atoms with E-state index in [0.29, 0.717) is 0 Å². The molecule has 1 radical (unpaired) electrons. The van der Waals surface area contributed by atoms with Crippen LogP contribution in [0.3, 0.4) is 0 Å². The van der Waals surface area contributed by atoms with E-state index in [1.807, 2.05) is 76.2 Å². The summed E-state index contributed by atoms with van der Waals surface area (Å²) in [4.78, 5) is 36.4. The second-order valence-electron chi connectivity index (χ2n) is 8.54. The molecule has 0 fully saturated rings. The van der Waals surface area contributed by atoms with Gasteiger partial charge in [0.25, 0.3) is 0 Å². The Morgan fingerprint density at radius 1 is 0.463 bits per heavy atom. The van der Waals surface area contributed by atoms with Crippen molar-refractivity contribution in [2.24, 2.45) is 0 Å². The van der Waals surface area contributed by atoms with Crippen LogP contribution in [-0.2, 0) is 17.1 Å². The molecular weight excluding hydrogens is 572 g/mol. The minimum absolute atomic E-state index is 0. The second kappa shape index (κ2) is 14.4. The number of aryl methyl sites for hydroxylation is 4. The van der Waals surface area contributed by atoms with Crippen LogP contribution in [0.5, 0.6) is 0 Å². The molecule has 0 aliphatic rings. The van der Waals surface area contributed by atoms with E-state index in [1.165, 1.54) is 0 Å².